The SMILES string of the molecule is O=C(OCC1(F)OC(n2ccc(=O)[nH]c2=O)C(O)C1O)c1ccccc1. The number of hydrogen-bond acceptors (Lipinski definition) is 7. The van der Waals surface area contributed by atoms with Gasteiger partial charge in [-0.15, -0.1) is 0 Å². The maximum Gasteiger partial charge on any atom is 0.338 e. The topological polar surface area (TPSA) is 131 Å². The normalized spacial score (nSPS) is 28.0. The van der Waals surface area contributed by atoms with Crippen molar-refractivity contribution in [3.8, 4) is 0 Å². The third-order valence-electron chi connectivity index (χ3n) is 3.91. The average molecular weight is 366 g/mol. The second-order valence-corrected chi connectivity index (χ2v) is 5.69. The lowest BCUT2D eigenvalue weighted by Gasteiger charge is -2.22. The van der Waals surface area contributed by atoms with Gasteiger partial charge < -0.3 is 19.7 Å². The highest BCUT2D eigenvalue weighted by molar-refractivity contribution is 5.89. The summed E-state index contributed by atoms with van der Waals surface area (Å²) in [6, 6.07) is 8.74. The Morgan fingerprint density at radius 2 is 1.96 bits per heavy atom. The van der Waals surface area contributed by atoms with Crippen molar-refractivity contribution in [2.45, 2.75) is 24.3 Å². The lowest BCUT2D eigenvalue weighted by Crippen LogP contribution is -2.43. The van der Waals surface area contributed by atoms with Gasteiger partial charge in [0.25, 0.3) is 11.4 Å². The van der Waals surface area contributed by atoms with Crippen LogP contribution in [0.3, 0.4) is 0 Å². The van der Waals surface area contributed by atoms with E-state index >= 15 is 0 Å². The van der Waals surface area contributed by atoms with Crippen LogP contribution < -0.4 is 11.2 Å². The number of aliphatic hydroxyl groups is 2. The molecule has 1 aromatic carbocycles. The number of carbonyl (C=O) groups is 1. The number of aromatic nitrogens is 2. The van der Waals surface area contributed by atoms with E-state index in [2.05, 4.69) is 0 Å². The lowest BCUT2D eigenvalue weighted by molar-refractivity contribution is -0.207. The summed E-state index contributed by atoms with van der Waals surface area (Å²) in [7, 11) is 0. The number of benzene rings is 1. The zero-order valence-electron chi connectivity index (χ0n) is 13.2. The molecule has 2 heterocycles. The lowest BCUT2D eigenvalue weighted by atomic mass is 10.1. The molecule has 1 aliphatic rings. The minimum absolute atomic E-state index is 0.164. The first kappa shape index (κ1) is 18.0. The van der Waals surface area contributed by atoms with Crippen LogP contribution in [0.4, 0.5) is 4.39 Å². The molecule has 3 rings (SSSR count). The molecule has 0 amide bonds. The predicted molar refractivity (Wildman–Crippen MR) is 84.0 cm³/mol. The quantitative estimate of drug-likeness (QED) is 0.611. The molecule has 1 saturated heterocycles. The smallest absolute Gasteiger partial charge is 0.338 e. The summed E-state index contributed by atoms with van der Waals surface area (Å²) in [5.41, 5.74) is -1.49. The monoisotopic (exact) mass is 366 g/mol. The first-order valence-electron chi connectivity index (χ1n) is 7.58. The van der Waals surface area contributed by atoms with Crippen LogP contribution in [-0.4, -0.2) is 50.4 Å². The van der Waals surface area contributed by atoms with E-state index in [1.54, 1.807) is 18.2 Å². The number of nitrogens with one attached hydrogen (secondary N) is 1. The second-order valence-electron chi connectivity index (χ2n) is 5.69. The van der Waals surface area contributed by atoms with Gasteiger partial charge in [0.2, 0.25) is 0 Å². The number of alkyl halides is 1. The molecular weight excluding hydrogens is 351 g/mol. The van der Waals surface area contributed by atoms with E-state index in [0.717, 1.165) is 16.8 Å². The van der Waals surface area contributed by atoms with Crippen molar-refractivity contribution < 1.29 is 28.9 Å². The summed E-state index contributed by atoms with van der Waals surface area (Å²) in [6.07, 6.45) is -4.55. The molecule has 9 nitrogen and oxygen atoms in total. The summed E-state index contributed by atoms with van der Waals surface area (Å²) in [4.78, 5) is 36.7. The van der Waals surface area contributed by atoms with Gasteiger partial charge in [0, 0.05) is 12.3 Å². The molecule has 1 aliphatic heterocycles. The van der Waals surface area contributed by atoms with Crippen LogP contribution in [0.2, 0.25) is 0 Å². The minimum atomic E-state index is -2.94. The zero-order valence-corrected chi connectivity index (χ0v) is 13.2. The van der Waals surface area contributed by atoms with Crippen LogP contribution in [0.25, 0.3) is 0 Å². The maximum absolute atomic E-state index is 14.9. The Labute approximate surface area is 145 Å². The van der Waals surface area contributed by atoms with Gasteiger partial charge in [-0.1, -0.05) is 18.2 Å². The Kier molecular flexibility index (Phi) is 4.72. The summed E-state index contributed by atoms with van der Waals surface area (Å²) in [6.45, 7) is -1.01. The molecule has 4 unspecified atom stereocenters. The Morgan fingerprint density at radius 3 is 2.62 bits per heavy atom. The van der Waals surface area contributed by atoms with Gasteiger partial charge in [0.15, 0.2) is 12.8 Å². The number of rotatable bonds is 4. The number of esters is 1. The number of halogens is 1. The van der Waals surface area contributed by atoms with Crippen LogP contribution in [-0.2, 0) is 9.47 Å². The number of carbonyl (C=O) groups excluding carboxylic acids is 1. The van der Waals surface area contributed by atoms with Crippen LogP contribution in [0.5, 0.6) is 0 Å². The Bertz CT molecular complexity index is 913. The van der Waals surface area contributed by atoms with E-state index < -0.39 is 48.1 Å². The van der Waals surface area contributed by atoms with Gasteiger partial charge in [-0.05, 0) is 12.1 Å². The van der Waals surface area contributed by atoms with Gasteiger partial charge in [0.05, 0.1) is 5.56 Å². The van der Waals surface area contributed by atoms with Crippen molar-refractivity contribution in [2.24, 2.45) is 0 Å². The highest BCUT2D eigenvalue weighted by Gasteiger charge is 2.57. The molecule has 3 N–H and O–H groups in total. The summed E-state index contributed by atoms with van der Waals surface area (Å²) in [5, 5.41) is 20.0. The molecule has 138 valence electrons. The first-order valence-corrected chi connectivity index (χ1v) is 7.58. The Morgan fingerprint density at radius 1 is 1.27 bits per heavy atom. The highest BCUT2D eigenvalue weighted by Crippen LogP contribution is 2.38. The van der Waals surface area contributed by atoms with Gasteiger partial charge in [-0.2, -0.15) is 0 Å². The molecule has 4 atom stereocenters. The number of nitrogens with zero attached hydrogens (tertiary/aromatic N) is 1. The third kappa shape index (κ3) is 3.29. The second kappa shape index (κ2) is 6.83. The summed E-state index contributed by atoms with van der Waals surface area (Å²) < 4.78 is 25.4. The summed E-state index contributed by atoms with van der Waals surface area (Å²) in [5.74, 6) is -3.79. The average Bonchev–Trinajstić information content (AvgIpc) is 2.85. The van der Waals surface area contributed by atoms with Crippen molar-refractivity contribution in [3.05, 3.63) is 69.0 Å². The molecule has 2 aromatic rings. The van der Waals surface area contributed by atoms with Crippen molar-refractivity contribution in [3.63, 3.8) is 0 Å². The van der Waals surface area contributed by atoms with Crippen molar-refractivity contribution in [1.82, 2.24) is 9.55 Å². The van der Waals surface area contributed by atoms with Crippen LogP contribution >= 0.6 is 0 Å². The summed E-state index contributed by atoms with van der Waals surface area (Å²) >= 11 is 0. The van der Waals surface area contributed by atoms with Crippen molar-refractivity contribution in [2.75, 3.05) is 6.61 Å². The highest BCUT2D eigenvalue weighted by atomic mass is 19.2. The van der Waals surface area contributed by atoms with Gasteiger partial charge in [0.1, 0.15) is 12.2 Å². The number of hydrogen-bond donors (Lipinski definition) is 3. The zero-order chi connectivity index (χ0) is 18.9. The van der Waals surface area contributed by atoms with E-state index in [-0.39, 0.29) is 5.56 Å². The molecule has 1 aromatic heterocycles. The molecule has 26 heavy (non-hydrogen) atoms. The molecule has 0 bridgehead atoms. The fourth-order valence-corrected chi connectivity index (χ4v) is 2.54. The van der Waals surface area contributed by atoms with Crippen LogP contribution in [0.15, 0.2) is 52.2 Å². The van der Waals surface area contributed by atoms with Gasteiger partial charge in [-0.25, -0.2) is 14.0 Å². The van der Waals surface area contributed by atoms with E-state index in [1.807, 2.05) is 4.98 Å². The number of ether oxygens (including phenoxy) is 2. The minimum Gasteiger partial charge on any atom is -0.456 e. The number of aliphatic hydroxyl groups excluding tert-OH is 2. The van der Waals surface area contributed by atoms with E-state index in [9.17, 15) is 29.0 Å². The van der Waals surface area contributed by atoms with Crippen LogP contribution in [0, 0.1) is 0 Å². The molecule has 0 radical (unpaired) electrons. The number of H-pyrrole nitrogens is 1. The van der Waals surface area contributed by atoms with Crippen molar-refractivity contribution in [1.29, 1.82) is 0 Å². The van der Waals surface area contributed by atoms with E-state index in [4.69, 9.17) is 9.47 Å². The van der Waals surface area contributed by atoms with Gasteiger partial charge >= 0.3 is 11.7 Å². The van der Waals surface area contributed by atoms with E-state index in [0.29, 0.717) is 0 Å². The maximum atomic E-state index is 14.9. The number of aromatic amines is 1. The van der Waals surface area contributed by atoms with Gasteiger partial charge in [-0.3, -0.25) is 14.3 Å². The molecule has 1 fully saturated rings. The first-order chi connectivity index (χ1) is 12.3. The molecular formula is C16H15FN2O7. The Hall–Kier alpha value is -2.82. The Balaban J connectivity index is 1.76. The van der Waals surface area contributed by atoms with Crippen molar-refractivity contribution >= 4 is 5.97 Å². The fourth-order valence-electron chi connectivity index (χ4n) is 2.54. The van der Waals surface area contributed by atoms with E-state index in [1.165, 1.54) is 12.1 Å². The molecule has 10 heteroatoms. The molecule has 0 saturated carbocycles. The largest absolute Gasteiger partial charge is 0.456 e. The fraction of sp³-hybridized carbons (Fsp3) is 0.312. The molecule has 0 spiro atoms. The standard InChI is InChI=1S/C16H15FN2O7/c17-16(8-25-14(23)9-4-2-1-3-5-9)12(22)11(21)13(26-16)19-7-6-10(20)18-15(19)24/h1-7,11-13,21-22H,8H2,(H,18,20,24). The predicted octanol–water partition coefficient (Wildman–Crippen LogP) is -0.690. The third-order valence-corrected chi connectivity index (χ3v) is 3.91. The van der Waals surface area contributed by atoms with Crippen LogP contribution in [0.1, 0.15) is 16.6 Å². The molecule has 0 aliphatic carbocycles.